The van der Waals surface area contributed by atoms with Crippen LogP contribution in [0, 0.1) is 0 Å². The van der Waals surface area contributed by atoms with Crippen LogP contribution < -0.4 is 16.6 Å². The molecule has 19 heavy (non-hydrogen) atoms. The fourth-order valence-electron chi connectivity index (χ4n) is 1.63. The van der Waals surface area contributed by atoms with Crippen LogP contribution in [0.5, 0.6) is 0 Å². The molecule has 1 aromatic heterocycles. The van der Waals surface area contributed by atoms with Gasteiger partial charge in [-0.3, -0.25) is 9.59 Å². The Morgan fingerprint density at radius 2 is 2.16 bits per heavy atom. The van der Waals surface area contributed by atoms with Gasteiger partial charge in [0.2, 0.25) is 5.91 Å². The summed E-state index contributed by atoms with van der Waals surface area (Å²) in [6.07, 6.45) is 0.921. The molecule has 0 radical (unpaired) electrons. The predicted octanol–water partition coefficient (Wildman–Crippen LogP) is 0.923. The van der Waals surface area contributed by atoms with Crippen molar-refractivity contribution in [2.24, 2.45) is 0 Å². The minimum atomic E-state index is -0.308. The molecule has 1 amide bonds. The average molecular weight is 258 g/mol. The van der Waals surface area contributed by atoms with Crippen LogP contribution in [0.25, 0.3) is 0 Å². The highest BCUT2D eigenvalue weighted by molar-refractivity contribution is 5.89. The summed E-state index contributed by atoms with van der Waals surface area (Å²) in [5, 5.41) is 8.55. The second kappa shape index (κ2) is 5.81. The number of aromatic amines is 1. The molecule has 2 rings (SSSR count). The SMILES string of the molecule is Nc1cccc(CCC(=O)Nc2ccc(=O)[nH]n2)c1. The molecule has 0 saturated heterocycles. The number of rotatable bonds is 4. The minimum absolute atomic E-state index is 0.165. The van der Waals surface area contributed by atoms with Gasteiger partial charge in [-0.1, -0.05) is 12.1 Å². The zero-order chi connectivity index (χ0) is 13.7. The summed E-state index contributed by atoms with van der Waals surface area (Å²) >= 11 is 0. The summed E-state index contributed by atoms with van der Waals surface area (Å²) < 4.78 is 0. The van der Waals surface area contributed by atoms with E-state index in [0.29, 0.717) is 24.3 Å². The van der Waals surface area contributed by atoms with Crippen LogP contribution in [0.3, 0.4) is 0 Å². The first kappa shape index (κ1) is 12.8. The van der Waals surface area contributed by atoms with Crippen molar-refractivity contribution < 1.29 is 4.79 Å². The van der Waals surface area contributed by atoms with Crippen LogP contribution in [0.4, 0.5) is 11.5 Å². The zero-order valence-electron chi connectivity index (χ0n) is 10.2. The molecule has 1 aromatic carbocycles. The summed E-state index contributed by atoms with van der Waals surface area (Å²) in [5.41, 5.74) is 7.04. The average Bonchev–Trinajstić information content (AvgIpc) is 2.39. The highest BCUT2D eigenvalue weighted by Crippen LogP contribution is 2.09. The summed E-state index contributed by atoms with van der Waals surface area (Å²) in [7, 11) is 0. The molecule has 0 aliphatic heterocycles. The molecule has 0 atom stereocenters. The number of hydrogen-bond donors (Lipinski definition) is 3. The Kier molecular flexibility index (Phi) is 3.92. The molecule has 4 N–H and O–H groups in total. The molecule has 0 fully saturated rings. The molecule has 98 valence electrons. The second-order valence-corrected chi connectivity index (χ2v) is 4.10. The topological polar surface area (TPSA) is 101 Å². The molecule has 1 heterocycles. The number of amides is 1. The van der Waals surface area contributed by atoms with Crippen LogP contribution in [-0.2, 0) is 11.2 Å². The lowest BCUT2D eigenvalue weighted by Gasteiger charge is -2.04. The Hall–Kier alpha value is -2.63. The van der Waals surface area contributed by atoms with Gasteiger partial charge in [-0.25, -0.2) is 5.10 Å². The van der Waals surface area contributed by atoms with Gasteiger partial charge in [-0.05, 0) is 30.2 Å². The van der Waals surface area contributed by atoms with E-state index < -0.39 is 0 Å². The van der Waals surface area contributed by atoms with E-state index in [2.05, 4.69) is 15.5 Å². The first-order valence-corrected chi connectivity index (χ1v) is 5.83. The number of anilines is 2. The zero-order valence-corrected chi connectivity index (χ0v) is 10.2. The summed E-state index contributed by atoms with van der Waals surface area (Å²) in [4.78, 5) is 22.5. The molecule has 2 aromatic rings. The number of nitrogens with two attached hydrogens (primary N) is 1. The van der Waals surface area contributed by atoms with E-state index in [1.54, 1.807) is 6.07 Å². The van der Waals surface area contributed by atoms with Crippen LogP contribution >= 0.6 is 0 Å². The molecule has 6 heteroatoms. The number of nitrogen functional groups attached to an aromatic ring is 1. The third-order valence-corrected chi connectivity index (χ3v) is 2.54. The largest absolute Gasteiger partial charge is 0.399 e. The standard InChI is InChI=1S/C13H14N4O2/c14-10-3-1-2-9(8-10)4-6-12(18)15-11-5-7-13(19)17-16-11/h1-3,5,7-8H,4,6,14H2,(H,17,19)(H,15,16,18). The van der Waals surface area contributed by atoms with E-state index in [0.717, 1.165) is 5.56 Å². The van der Waals surface area contributed by atoms with E-state index >= 15 is 0 Å². The summed E-state index contributed by atoms with van der Waals surface area (Å²) in [6.45, 7) is 0. The monoisotopic (exact) mass is 258 g/mol. The van der Waals surface area contributed by atoms with Crippen molar-refractivity contribution in [2.45, 2.75) is 12.8 Å². The highest BCUT2D eigenvalue weighted by Gasteiger charge is 2.04. The quantitative estimate of drug-likeness (QED) is 0.710. The third-order valence-electron chi connectivity index (χ3n) is 2.54. The van der Waals surface area contributed by atoms with Crippen LogP contribution in [-0.4, -0.2) is 16.1 Å². The third kappa shape index (κ3) is 3.95. The number of carbonyl (C=O) groups excluding carboxylic acids is 1. The van der Waals surface area contributed by atoms with Gasteiger partial charge >= 0.3 is 0 Å². The lowest BCUT2D eigenvalue weighted by molar-refractivity contribution is -0.116. The summed E-state index contributed by atoms with van der Waals surface area (Å²) in [5.74, 6) is 0.166. The molecule has 0 aliphatic rings. The van der Waals surface area contributed by atoms with E-state index in [4.69, 9.17) is 5.73 Å². The molecule has 0 bridgehead atoms. The van der Waals surface area contributed by atoms with Gasteiger partial charge < -0.3 is 11.1 Å². The predicted molar refractivity (Wildman–Crippen MR) is 72.7 cm³/mol. The molecular weight excluding hydrogens is 244 g/mol. The van der Waals surface area contributed by atoms with Crippen LogP contribution in [0.2, 0.25) is 0 Å². The maximum atomic E-state index is 11.7. The number of nitrogens with one attached hydrogen (secondary N) is 2. The van der Waals surface area contributed by atoms with Crippen molar-refractivity contribution in [3.05, 3.63) is 52.3 Å². The molecule has 0 aliphatic carbocycles. The van der Waals surface area contributed by atoms with Gasteiger partial charge in [0.1, 0.15) is 0 Å². The fraction of sp³-hybridized carbons (Fsp3) is 0.154. The Morgan fingerprint density at radius 3 is 2.84 bits per heavy atom. The number of aryl methyl sites for hydroxylation is 1. The lowest BCUT2D eigenvalue weighted by atomic mass is 10.1. The van der Waals surface area contributed by atoms with Gasteiger partial charge in [-0.15, -0.1) is 0 Å². The highest BCUT2D eigenvalue weighted by atomic mass is 16.1. The Bertz CT molecular complexity index is 616. The second-order valence-electron chi connectivity index (χ2n) is 4.10. The molecule has 0 spiro atoms. The number of hydrogen-bond acceptors (Lipinski definition) is 4. The van der Waals surface area contributed by atoms with E-state index in [-0.39, 0.29) is 11.5 Å². The number of nitrogens with zero attached hydrogens (tertiary/aromatic N) is 1. The van der Waals surface area contributed by atoms with E-state index in [1.165, 1.54) is 12.1 Å². The Morgan fingerprint density at radius 1 is 1.32 bits per heavy atom. The van der Waals surface area contributed by atoms with Crippen LogP contribution in [0.1, 0.15) is 12.0 Å². The first-order valence-electron chi connectivity index (χ1n) is 5.83. The number of H-pyrrole nitrogens is 1. The molecule has 0 saturated carbocycles. The van der Waals surface area contributed by atoms with Gasteiger partial charge in [0.05, 0.1) is 0 Å². The maximum absolute atomic E-state index is 11.7. The molecule has 6 nitrogen and oxygen atoms in total. The van der Waals surface area contributed by atoms with E-state index in [1.807, 2.05) is 18.2 Å². The number of aromatic nitrogens is 2. The van der Waals surface area contributed by atoms with Gasteiger partial charge in [0.25, 0.3) is 5.56 Å². The van der Waals surface area contributed by atoms with Gasteiger partial charge in [0.15, 0.2) is 5.82 Å². The lowest BCUT2D eigenvalue weighted by Crippen LogP contribution is -2.16. The number of benzene rings is 1. The smallest absolute Gasteiger partial charge is 0.264 e. The molecule has 0 unspecified atom stereocenters. The number of carbonyl (C=O) groups is 1. The maximum Gasteiger partial charge on any atom is 0.264 e. The minimum Gasteiger partial charge on any atom is -0.399 e. The molecular formula is C13H14N4O2. The van der Waals surface area contributed by atoms with Crippen molar-refractivity contribution >= 4 is 17.4 Å². The van der Waals surface area contributed by atoms with Crippen molar-refractivity contribution in [3.8, 4) is 0 Å². The summed E-state index contributed by atoms with van der Waals surface area (Å²) in [6, 6.07) is 10.2. The first-order chi connectivity index (χ1) is 9.13. The van der Waals surface area contributed by atoms with Gasteiger partial charge in [-0.2, -0.15) is 5.10 Å². The fourth-order valence-corrected chi connectivity index (χ4v) is 1.63. The van der Waals surface area contributed by atoms with Crippen molar-refractivity contribution in [1.82, 2.24) is 10.2 Å². The van der Waals surface area contributed by atoms with Crippen molar-refractivity contribution in [3.63, 3.8) is 0 Å². The normalized spacial score (nSPS) is 10.1. The van der Waals surface area contributed by atoms with E-state index in [9.17, 15) is 9.59 Å². The van der Waals surface area contributed by atoms with Crippen molar-refractivity contribution in [2.75, 3.05) is 11.1 Å². The Balaban J connectivity index is 1.88. The van der Waals surface area contributed by atoms with Crippen LogP contribution in [0.15, 0.2) is 41.2 Å². The van der Waals surface area contributed by atoms with Gasteiger partial charge in [0, 0.05) is 18.2 Å². The van der Waals surface area contributed by atoms with Crippen molar-refractivity contribution in [1.29, 1.82) is 0 Å². The Labute approximate surface area is 109 Å².